The van der Waals surface area contributed by atoms with Crippen LogP contribution < -0.4 is 11.2 Å². The Balaban J connectivity index is 2.55. The summed E-state index contributed by atoms with van der Waals surface area (Å²) in [4.78, 5) is 24.8. The minimum absolute atomic E-state index is 0.293. The second-order valence-electron chi connectivity index (χ2n) is 4.24. The summed E-state index contributed by atoms with van der Waals surface area (Å²) < 4.78 is 6.45. The highest BCUT2D eigenvalue weighted by Crippen LogP contribution is 2.29. The van der Waals surface area contributed by atoms with E-state index in [9.17, 15) is 14.7 Å². The first-order valence-corrected chi connectivity index (χ1v) is 5.16. The van der Waals surface area contributed by atoms with E-state index in [1.54, 1.807) is 0 Å². The molecule has 0 atom stereocenters. The van der Waals surface area contributed by atoms with Crippen LogP contribution in [-0.4, -0.2) is 27.9 Å². The summed E-state index contributed by atoms with van der Waals surface area (Å²) >= 11 is 0. The van der Waals surface area contributed by atoms with Crippen molar-refractivity contribution < 1.29 is 9.84 Å². The standard InChI is InChI=1S/C10H14N2O4/c1-10(2-4-16-5-3-10)12-8(14)6-7(13)11-9(12)15/h6,14H,2-5H2,1H3,(H,11,13,15). The van der Waals surface area contributed by atoms with Gasteiger partial charge in [0.2, 0.25) is 5.88 Å². The van der Waals surface area contributed by atoms with Crippen molar-refractivity contribution in [1.29, 1.82) is 0 Å². The molecule has 1 fully saturated rings. The van der Waals surface area contributed by atoms with E-state index in [2.05, 4.69) is 4.98 Å². The molecule has 0 spiro atoms. The van der Waals surface area contributed by atoms with Crippen LogP contribution in [0.3, 0.4) is 0 Å². The van der Waals surface area contributed by atoms with Gasteiger partial charge in [0.25, 0.3) is 5.56 Å². The number of nitrogens with zero attached hydrogens (tertiary/aromatic N) is 1. The number of hydrogen-bond donors (Lipinski definition) is 2. The van der Waals surface area contributed by atoms with Gasteiger partial charge in [0.1, 0.15) is 0 Å². The summed E-state index contributed by atoms with van der Waals surface area (Å²) in [6, 6.07) is 1.02. The predicted molar refractivity (Wildman–Crippen MR) is 56.7 cm³/mol. The van der Waals surface area contributed by atoms with Crippen LogP contribution in [0.4, 0.5) is 0 Å². The molecule has 0 radical (unpaired) electrons. The highest BCUT2D eigenvalue weighted by Gasteiger charge is 2.32. The van der Waals surface area contributed by atoms with Gasteiger partial charge in [-0.1, -0.05) is 0 Å². The normalized spacial score (nSPS) is 19.6. The fourth-order valence-electron chi connectivity index (χ4n) is 2.04. The summed E-state index contributed by atoms with van der Waals surface area (Å²) in [5.74, 6) is -0.293. The summed E-state index contributed by atoms with van der Waals surface area (Å²) in [5, 5.41) is 9.69. The van der Waals surface area contributed by atoms with E-state index in [1.807, 2.05) is 6.92 Å². The van der Waals surface area contributed by atoms with Gasteiger partial charge in [-0.25, -0.2) is 4.79 Å². The van der Waals surface area contributed by atoms with Crippen LogP contribution in [0.5, 0.6) is 5.88 Å². The maximum absolute atomic E-state index is 11.7. The predicted octanol–water partition coefficient (Wildman–Crippen LogP) is -0.232. The summed E-state index contributed by atoms with van der Waals surface area (Å²) in [6.07, 6.45) is 1.26. The van der Waals surface area contributed by atoms with Crippen LogP contribution in [0.25, 0.3) is 0 Å². The number of aromatic amines is 1. The Morgan fingerprint density at radius 3 is 2.62 bits per heavy atom. The van der Waals surface area contributed by atoms with Gasteiger partial charge in [-0.15, -0.1) is 0 Å². The van der Waals surface area contributed by atoms with Gasteiger partial charge in [0.15, 0.2) is 0 Å². The first-order valence-electron chi connectivity index (χ1n) is 5.16. The van der Waals surface area contributed by atoms with E-state index in [1.165, 1.54) is 4.57 Å². The number of aromatic nitrogens is 2. The molecule has 1 saturated heterocycles. The third-order valence-electron chi connectivity index (χ3n) is 3.03. The number of H-pyrrole nitrogens is 1. The molecule has 0 bridgehead atoms. The van der Waals surface area contributed by atoms with Crippen molar-refractivity contribution >= 4 is 0 Å². The molecule has 1 aliphatic heterocycles. The van der Waals surface area contributed by atoms with E-state index in [4.69, 9.17) is 4.74 Å². The molecular formula is C10H14N2O4. The molecule has 1 aliphatic rings. The first kappa shape index (κ1) is 10.9. The van der Waals surface area contributed by atoms with Crippen molar-refractivity contribution in [2.24, 2.45) is 0 Å². The molecule has 16 heavy (non-hydrogen) atoms. The summed E-state index contributed by atoms with van der Waals surface area (Å²) in [6.45, 7) is 2.96. The van der Waals surface area contributed by atoms with Crippen LogP contribution in [0, 0.1) is 0 Å². The maximum atomic E-state index is 11.7. The molecule has 2 N–H and O–H groups in total. The molecule has 6 nitrogen and oxygen atoms in total. The molecule has 88 valence electrons. The Hall–Kier alpha value is -1.56. The quantitative estimate of drug-likeness (QED) is 0.692. The average Bonchev–Trinajstić information content (AvgIpc) is 2.16. The lowest BCUT2D eigenvalue weighted by Crippen LogP contribution is -2.45. The zero-order valence-corrected chi connectivity index (χ0v) is 9.02. The Kier molecular flexibility index (Phi) is 2.59. The van der Waals surface area contributed by atoms with Crippen LogP contribution in [0.15, 0.2) is 15.7 Å². The molecule has 1 aromatic heterocycles. The highest BCUT2D eigenvalue weighted by atomic mass is 16.5. The molecule has 0 aliphatic carbocycles. The topological polar surface area (TPSA) is 84.3 Å². The van der Waals surface area contributed by atoms with Gasteiger partial charge < -0.3 is 9.84 Å². The molecule has 2 heterocycles. The van der Waals surface area contributed by atoms with E-state index in [0.717, 1.165) is 6.07 Å². The fraction of sp³-hybridized carbons (Fsp3) is 0.600. The maximum Gasteiger partial charge on any atom is 0.331 e. The van der Waals surface area contributed by atoms with Crippen molar-refractivity contribution in [3.8, 4) is 5.88 Å². The number of ether oxygens (including phenoxy) is 1. The van der Waals surface area contributed by atoms with Crippen molar-refractivity contribution in [2.45, 2.75) is 25.3 Å². The highest BCUT2D eigenvalue weighted by molar-refractivity contribution is 5.10. The Morgan fingerprint density at radius 1 is 1.44 bits per heavy atom. The molecule has 1 aromatic rings. The molecule has 2 rings (SSSR count). The van der Waals surface area contributed by atoms with Gasteiger partial charge >= 0.3 is 5.69 Å². The minimum atomic E-state index is -0.589. The van der Waals surface area contributed by atoms with E-state index in [0.29, 0.717) is 26.1 Å². The number of hydrogen-bond acceptors (Lipinski definition) is 4. The van der Waals surface area contributed by atoms with Crippen LogP contribution >= 0.6 is 0 Å². The molecule has 0 unspecified atom stereocenters. The lowest BCUT2D eigenvalue weighted by atomic mass is 9.92. The second kappa shape index (κ2) is 3.79. The average molecular weight is 226 g/mol. The number of nitrogens with one attached hydrogen (secondary N) is 1. The monoisotopic (exact) mass is 226 g/mol. The third-order valence-corrected chi connectivity index (χ3v) is 3.03. The van der Waals surface area contributed by atoms with Crippen LogP contribution in [-0.2, 0) is 10.3 Å². The third kappa shape index (κ3) is 1.76. The van der Waals surface area contributed by atoms with Crippen LogP contribution in [0.2, 0.25) is 0 Å². The molecule has 0 amide bonds. The Bertz CT molecular complexity index is 496. The van der Waals surface area contributed by atoms with Crippen molar-refractivity contribution in [2.75, 3.05) is 13.2 Å². The molecule has 0 saturated carbocycles. The summed E-state index contributed by atoms with van der Waals surface area (Å²) in [5.41, 5.74) is -1.66. The van der Waals surface area contributed by atoms with E-state index >= 15 is 0 Å². The van der Waals surface area contributed by atoms with Gasteiger partial charge in [0.05, 0.1) is 11.6 Å². The lowest BCUT2D eigenvalue weighted by molar-refractivity contribution is 0.0241. The number of rotatable bonds is 1. The van der Waals surface area contributed by atoms with Gasteiger partial charge in [-0.05, 0) is 19.8 Å². The van der Waals surface area contributed by atoms with Crippen molar-refractivity contribution in [1.82, 2.24) is 9.55 Å². The Morgan fingerprint density at radius 2 is 2.06 bits per heavy atom. The molecular weight excluding hydrogens is 212 g/mol. The number of aromatic hydroxyl groups is 1. The largest absolute Gasteiger partial charge is 0.494 e. The molecule has 6 heteroatoms. The van der Waals surface area contributed by atoms with Crippen molar-refractivity contribution in [3.05, 3.63) is 26.9 Å². The smallest absolute Gasteiger partial charge is 0.331 e. The SMILES string of the molecule is CC1(n2c(O)cc(=O)[nH]c2=O)CCOCC1. The Labute approximate surface area is 91.5 Å². The zero-order chi connectivity index (χ0) is 11.8. The molecule has 0 aromatic carbocycles. The van der Waals surface area contributed by atoms with Crippen LogP contribution in [0.1, 0.15) is 19.8 Å². The van der Waals surface area contributed by atoms with E-state index in [-0.39, 0.29) is 5.88 Å². The van der Waals surface area contributed by atoms with E-state index < -0.39 is 16.8 Å². The first-order chi connectivity index (χ1) is 7.53. The lowest BCUT2D eigenvalue weighted by Gasteiger charge is -2.35. The van der Waals surface area contributed by atoms with Gasteiger partial charge in [0, 0.05) is 13.2 Å². The minimum Gasteiger partial charge on any atom is -0.494 e. The van der Waals surface area contributed by atoms with Gasteiger partial charge in [-0.2, -0.15) is 0 Å². The zero-order valence-electron chi connectivity index (χ0n) is 9.02. The van der Waals surface area contributed by atoms with Gasteiger partial charge in [-0.3, -0.25) is 14.3 Å². The van der Waals surface area contributed by atoms with Crippen molar-refractivity contribution in [3.63, 3.8) is 0 Å². The summed E-state index contributed by atoms with van der Waals surface area (Å²) in [7, 11) is 0. The fourth-order valence-corrected chi connectivity index (χ4v) is 2.04. The second-order valence-corrected chi connectivity index (χ2v) is 4.24.